The second-order valence-corrected chi connectivity index (χ2v) is 6.82. The van der Waals surface area contributed by atoms with E-state index in [1.54, 1.807) is 0 Å². The minimum absolute atomic E-state index is 0.294. The normalized spacial score (nSPS) is 10.8. The number of aromatic nitrogens is 2. The SMILES string of the molecule is CCOc1ccc(-c2cnc(NCc3ccc(N(CC)CC)cc3O)n2C)cc1. The summed E-state index contributed by atoms with van der Waals surface area (Å²) in [6.07, 6.45) is 1.85. The summed E-state index contributed by atoms with van der Waals surface area (Å²) in [6.45, 7) is 9.17. The molecule has 6 nitrogen and oxygen atoms in total. The number of hydrogen-bond acceptors (Lipinski definition) is 5. The van der Waals surface area contributed by atoms with Gasteiger partial charge in [0.05, 0.1) is 18.5 Å². The van der Waals surface area contributed by atoms with E-state index in [0.29, 0.717) is 18.9 Å². The van der Waals surface area contributed by atoms with Crippen molar-refractivity contribution in [1.29, 1.82) is 0 Å². The molecule has 6 heteroatoms. The summed E-state index contributed by atoms with van der Waals surface area (Å²) in [4.78, 5) is 6.71. The van der Waals surface area contributed by atoms with Crippen LogP contribution in [-0.4, -0.2) is 34.4 Å². The average Bonchev–Trinajstić information content (AvgIpc) is 3.09. The van der Waals surface area contributed by atoms with Gasteiger partial charge in [-0.2, -0.15) is 0 Å². The van der Waals surface area contributed by atoms with Crippen LogP contribution < -0.4 is 15.0 Å². The number of imidazole rings is 1. The summed E-state index contributed by atoms with van der Waals surface area (Å²) in [5, 5.41) is 13.7. The number of anilines is 2. The van der Waals surface area contributed by atoms with Gasteiger partial charge >= 0.3 is 0 Å². The Hall–Kier alpha value is -3.15. The third-order valence-electron chi connectivity index (χ3n) is 5.08. The van der Waals surface area contributed by atoms with Crippen molar-refractivity contribution in [2.45, 2.75) is 27.3 Å². The molecule has 0 atom stereocenters. The highest BCUT2D eigenvalue weighted by atomic mass is 16.5. The Morgan fingerprint density at radius 2 is 1.79 bits per heavy atom. The summed E-state index contributed by atoms with van der Waals surface area (Å²) in [5.41, 5.74) is 3.96. The number of hydrogen-bond donors (Lipinski definition) is 2. The largest absolute Gasteiger partial charge is 0.508 e. The van der Waals surface area contributed by atoms with Gasteiger partial charge in [-0.1, -0.05) is 6.07 Å². The van der Waals surface area contributed by atoms with Crippen LogP contribution in [-0.2, 0) is 13.6 Å². The van der Waals surface area contributed by atoms with Crippen LogP contribution in [0.3, 0.4) is 0 Å². The van der Waals surface area contributed by atoms with Crippen LogP contribution in [0.2, 0.25) is 0 Å². The molecular formula is C23H30N4O2. The molecule has 0 bridgehead atoms. The molecule has 2 aromatic carbocycles. The number of aromatic hydroxyl groups is 1. The number of ether oxygens (including phenoxy) is 1. The lowest BCUT2D eigenvalue weighted by atomic mass is 10.1. The molecule has 1 aromatic heterocycles. The van der Waals surface area contributed by atoms with Gasteiger partial charge in [0, 0.05) is 49.6 Å². The van der Waals surface area contributed by atoms with Crippen molar-refractivity contribution in [2.24, 2.45) is 7.05 Å². The Balaban J connectivity index is 1.70. The minimum Gasteiger partial charge on any atom is -0.508 e. The molecule has 1 heterocycles. The molecule has 0 aliphatic heterocycles. The Morgan fingerprint density at radius 3 is 2.41 bits per heavy atom. The van der Waals surface area contributed by atoms with Gasteiger partial charge in [-0.3, -0.25) is 0 Å². The van der Waals surface area contributed by atoms with E-state index < -0.39 is 0 Å². The molecule has 3 rings (SSSR count). The van der Waals surface area contributed by atoms with Crippen LogP contribution in [0.4, 0.5) is 11.6 Å². The van der Waals surface area contributed by atoms with Gasteiger partial charge < -0.3 is 24.6 Å². The van der Waals surface area contributed by atoms with Crippen LogP contribution in [0.5, 0.6) is 11.5 Å². The molecule has 0 radical (unpaired) electrons. The first-order chi connectivity index (χ1) is 14.1. The molecule has 0 amide bonds. The maximum absolute atomic E-state index is 10.4. The molecule has 29 heavy (non-hydrogen) atoms. The quantitative estimate of drug-likeness (QED) is 0.553. The molecule has 0 aliphatic carbocycles. The predicted molar refractivity (Wildman–Crippen MR) is 119 cm³/mol. The summed E-state index contributed by atoms with van der Waals surface area (Å²) < 4.78 is 7.52. The first-order valence-corrected chi connectivity index (χ1v) is 10.1. The lowest BCUT2D eigenvalue weighted by molar-refractivity contribution is 0.340. The van der Waals surface area contributed by atoms with E-state index in [2.05, 4.69) is 29.0 Å². The summed E-state index contributed by atoms with van der Waals surface area (Å²) in [5.74, 6) is 1.91. The van der Waals surface area contributed by atoms with Gasteiger partial charge in [0.1, 0.15) is 11.5 Å². The Morgan fingerprint density at radius 1 is 1.07 bits per heavy atom. The number of phenolic OH excluding ortho intramolecular Hbond substituents is 1. The Kier molecular flexibility index (Phi) is 6.65. The number of phenols is 1. The Labute approximate surface area is 172 Å². The van der Waals surface area contributed by atoms with Crippen molar-refractivity contribution >= 4 is 11.6 Å². The van der Waals surface area contributed by atoms with Gasteiger partial charge in [-0.25, -0.2) is 4.98 Å². The van der Waals surface area contributed by atoms with Crippen molar-refractivity contribution in [3.63, 3.8) is 0 Å². The highest BCUT2D eigenvalue weighted by Crippen LogP contribution is 2.27. The van der Waals surface area contributed by atoms with E-state index in [9.17, 15) is 5.11 Å². The zero-order chi connectivity index (χ0) is 20.8. The van der Waals surface area contributed by atoms with Crippen LogP contribution in [0.25, 0.3) is 11.3 Å². The lowest BCUT2D eigenvalue weighted by Crippen LogP contribution is -2.21. The standard InChI is InChI=1S/C23H30N4O2/c1-5-27(6-2)19-11-8-18(22(28)14-19)15-24-23-25-16-21(26(23)4)17-9-12-20(13-10-17)29-7-3/h8-14,16,28H,5-7,15H2,1-4H3,(H,24,25). The highest BCUT2D eigenvalue weighted by Gasteiger charge is 2.11. The first kappa shape index (κ1) is 20.6. The van der Waals surface area contributed by atoms with Crippen molar-refractivity contribution in [1.82, 2.24) is 9.55 Å². The monoisotopic (exact) mass is 394 g/mol. The molecule has 0 saturated carbocycles. The molecule has 0 saturated heterocycles. The van der Waals surface area contributed by atoms with E-state index in [4.69, 9.17) is 4.74 Å². The fourth-order valence-corrected chi connectivity index (χ4v) is 3.39. The molecule has 0 spiro atoms. The van der Waals surface area contributed by atoms with Crippen LogP contribution in [0.15, 0.2) is 48.7 Å². The van der Waals surface area contributed by atoms with E-state index in [1.165, 1.54) is 0 Å². The van der Waals surface area contributed by atoms with Crippen molar-refractivity contribution in [3.8, 4) is 22.8 Å². The third-order valence-corrected chi connectivity index (χ3v) is 5.08. The molecule has 2 N–H and O–H groups in total. The molecular weight excluding hydrogens is 364 g/mol. The second kappa shape index (κ2) is 9.37. The van der Waals surface area contributed by atoms with E-state index in [-0.39, 0.29) is 0 Å². The first-order valence-electron chi connectivity index (χ1n) is 10.1. The number of rotatable bonds is 9. The summed E-state index contributed by atoms with van der Waals surface area (Å²) in [7, 11) is 1.98. The van der Waals surface area contributed by atoms with Gasteiger partial charge in [0.2, 0.25) is 5.95 Å². The maximum atomic E-state index is 10.4. The number of nitrogens with one attached hydrogen (secondary N) is 1. The smallest absolute Gasteiger partial charge is 0.203 e. The lowest BCUT2D eigenvalue weighted by Gasteiger charge is -2.21. The van der Waals surface area contributed by atoms with Crippen molar-refractivity contribution < 1.29 is 9.84 Å². The van der Waals surface area contributed by atoms with E-state index >= 15 is 0 Å². The van der Waals surface area contributed by atoms with Crippen LogP contribution in [0.1, 0.15) is 26.3 Å². The Bertz CT molecular complexity index is 931. The van der Waals surface area contributed by atoms with Crippen molar-refractivity contribution in [3.05, 3.63) is 54.2 Å². The fourth-order valence-electron chi connectivity index (χ4n) is 3.39. The fraction of sp³-hybridized carbons (Fsp3) is 0.348. The maximum Gasteiger partial charge on any atom is 0.203 e. The highest BCUT2D eigenvalue weighted by molar-refractivity contribution is 5.62. The molecule has 154 valence electrons. The molecule has 0 aliphatic rings. The average molecular weight is 395 g/mol. The van der Waals surface area contributed by atoms with E-state index in [0.717, 1.165) is 47.3 Å². The molecule has 0 fully saturated rings. The van der Waals surface area contributed by atoms with Crippen molar-refractivity contribution in [2.75, 3.05) is 29.9 Å². The molecule has 0 unspecified atom stereocenters. The minimum atomic E-state index is 0.294. The van der Waals surface area contributed by atoms with Gasteiger partial charge in [0.25, 0.3) is 0 Å². The molecule has 3 aromatic rings. The van der Waals surface area contributed by atoms with Gasteiger partial charge in [-0.15, -0.1) is 0 Å². The second-order valence-electron chi connectivity index (χ2n) is 6.82. The topological polar surface area (TPSA) is 62.6 Å². The zero-order valence-electron chi connectivity index (χ0n) is 17.6. The van der Waals surface area contributed by atoms with Gasteiger partial charge in [0.15, 0.2) is 0 Å². The number of benzene rings is 2. The van der Waals surface area contributed by atoms with Crippen LogP contribution >= 0.6 is 0 Å². The van der Waals surface area contributed by atoms with Crippen LogP contribution in [0, 0.1) is 0 Å². The predicted octanol–water partition coefficient (Wildman–Crippen LogP) is 4.65. The van der Waals surface area contributed by atoms with Gasteiger partial charge in [-0.05, 0) is 51.1 Å². The summed E-state index contributed by atoms with van der Waals surface area (Å²) in [6, 6.07) is 13.8. The summed E-state index contributed by atoms with van der Waals surface area (Å²) >= 11 is 0. The van der Waals surface area contributed by atoms with E-state index in [1.807, 2.05) is 67.2 Å². The number of nitrogens with zero attached hydrogens (tertiary/aromatic N) is 3. The third kappa shape index (κ3) is 4.65. The zero-order valence-corrected chi connectivity index (χ0v) is 17.6.